The van der Waals surface area contributed by atoms with Crippen LogP contribution >= 0.6 is 11.3 Å². The maximum Gasteiger partial charge on any atom is 0.257 e. The fourth-order valence-corrected chi connectivity index (χ4v) is 6.08. The van der Waals surface area contributed by atoms with E-state index in [0.717, 1.165) is 52.3 Å². The molecule has 0 aliphatic carbocycles. The van der Waals surface area contributed by atoms with Crippen LogP contribution in [0.4, 0.5) is 0 Å². The van der Waals surface area contributed by atoms with Gasteiger partial charge in [-0.3, -0.25) is 9.36 Å². The minimum atomic E-state index is -0.00811. The fraction of sp³-hybridized carbons (Fsp3) is 0.242. The van der Waals surface area contributed by atoms with E-state index in [4.69, 9.17) is 4.98 Å². The molecule has 3 aromatic carbocycles. The SMILES string of the molecule is CCCCc1nc(C)n(Cc2cc3cc(C)ccc3s2)c(=O)c1Cc1cccc(-c2ccccc2)c1C#N. The lowest BCUT2D eigenvalue weighted by atomic mass is 9.92. The highest BCUT2D eigenvalue weighted by atomic mass is 32.1. The Morgan fingerprint density at radius 2 is 1.82 bits per heavy atom. The van der Waals surface area contributed by atoms with E-state index in [-0.39, 0.29) is 5.56 Å². The molecule has 190 valence electrons. The first-order valence-electron chi connectivity index (χ1n) is 13.1. The first-order chi connectivity index (χ1) is 18.5. The smallest absolute Gasteiger partial charge is 0.257 e. The Morgan fingerprint density at radius 1 is 1.00 bits per heavy atom. The highest BCUT2D eigenvalue weighted by molar-refractivity contribution is 7.19. The van der Waals surface area contributed by atoms with Gasteiger partial charge in [-0.2, -0.15) is 5.26 Å². The summed E-state index contributed by atoms with van der Waals surface area (Å²) < 4.78 is 3.02. The van der Waals surface area contributed by atoms with Crippen molar-refractivity contribution in [3.63, 3.8) is 0 Å². The number of aromatic nitrogens is 2. The highest BCUT2D eigenvalue weighted by Gasteiger charge is 2.19. The number of benzene rings is 3. The van der Waals surface area contributed by atoms with Crippen molar-refractivity contribution >= 4 is 21.4 Å². The van der Waals surface area contributed by atoms with Crippen LogP contribution in [0.3, 0.4) is 0 Å². The van der Waals surface area contributed by atoms with Crippen molar-refractivity contribution in [3.8, 4) is 17.2 Å². The van der Waals surface area contributed by atoms with Crippen molar-refractivity contribution in [2.45, 2.75) is 53.0 Å². The Kier molecular flexibility index (Phi) is 7.53. The average molecular weight is 518 g/mol. The zero-order valence-electron chi connectivity index (χ0n) is 22.1. The molecule has 0 unspecified atom stereocenters. The number of rotatable bonds is 8. The van der Waals surface area contributed by atoms with Crippen LogP contribution in [0, 0.1) is 25.2 Å². The van der Waals surface area contributed by atoms with Gasteiger partial charge in [-0.1, -0.05) is 79.6 Å². The van der Waals surface area contributed by atoms with Crippen LogP contribution in [-0.4, -0.2) is 9.55 Å². The third-order valence-electron chi connectivity index (χ3n) is 7.06. The lowest BCUT2D eigenvalue weighted by Crippen LogP contribution is -2.29. The van der Waals surface area contributed by atoms with E-state index >= 15 is 0 Å². The molecule has 0 fully saturated rings. The monoisotopic (exact) mass is 517 g/mol. The second kappa shape index (κ2) is 11.2. The molecule has 2 aromatic heterocycles. The number of unbranched alkanes of at least 4 members (excludes halogenated alkanes) is 1. The molecule has 5 aromatic rings. The molecule has 38 heavy (non-hydrogen) atoms. The minimum Gasteiger partial charge on any atom is -0.291 e. The van der Waals surface area contributed by atoms with Gasteiger partial charge >= 0.3 is 0 Å². The Morgan fingerprint density at radius 3 is 2.58 bits per heavy atom. The topological polar surface area (TPSA) is 58.7 Å². The summed E-state index contributed by atoms with van der Waals surface area (Å²) in [6, 6.07) is 26.9. The Balaban J connectivity index is 1.59. The molecule has 0 atom stereocenters. The molecule has 2 heterocycles. The quantitative estimate of drug-likeness (QED) is 0.213. The molecule has 0 saturated carbocycles. The molecular weight excluding hydrogens is 486 g/mol. The molecule has 0 aliphatic heterocycles. The summed E-state index contributed by atoms with van der Waals surface area (Å²) in [5, 5.41) is 11.4. The first kappa shape index (κ1) is 25.6. The molecule has 4 nitrogen and oxygen atoms in total. The van der Waals surface area contributed by atoms with Gasteiger partial charge in [-0.05, 0) is 60.9 Å². The van der Waals surface area contributed by atoms with Gasteiger partial charge in [0.2, 0.25) is 0 Å². The molecule has 0 aliphatic rings. The summed E-state index contributed by atoms with van der Waals surface area (Å²) in [5.41, 5.74) is 6.13. The Hall–Kier alpha value is -4.01. The van der Waals surface area contributed by atoms with E-state index in [2.05, 4.69) is 44.2 Å². The summed E-state index contributed by atoms with van der Waals surface area (Å²) in [5.74, 6) is 0.733. The third-order valence-corrected chi connectivity index (χ3v) is 8.16. The predicted molar refractivity (Wildman–Crippen MR) is 157 cm³/mol. The van der Waals surface area contributed by atoms with Gasteiger partial charge in [-0.15, -0.1) is 11.3 Å². The van der Waals surface area contributed by atoms with E-state index in [1.54, 1.807) is 15.9 Å². The largest absolute Gasteiger partial charge is 0.291 e. The van der Waals surface area contributed by atoms with Crippen LogP contribution in [0.25, 0.3) is 21.2 Å². The summed E-state index contributed by atoms with van der Waals surface area (Å²) in [7, 11) is 0. The second-order valence-electron chi connectivity index (χ2n) is 9.83. The van der Waals surface area contributed by atoms with Gasteiger partial charge in [0.15, 0.2) is 0 Å². The van der Waals surface area contributed by atoms with Gasteiger partial charge in [0.05, 0.1) is 17.8 Å². The van der Waals surface area contributed by atoms with Crippen molar-refractivity contribution < 1.29 is 0 Å². The van der Waals surface area contributed by atoms with E-state index < -0.39 is 0 Å². The highest BCUT2D eigenvalue weighted by Crippen LogP contribution is 2.29. The number of nitrogens with zero attached hydrogens (tertiary/aromatic N) is 3. The summed E-state index contributed by atoms with van der Waals surface area (Å²) >= 11 is 1.72. The number of hydrogen-bond donors (Lipinski definition) is 0. The lowest BCUT2D eigenvalue weighted by molar-refractivity contribution is 0.667. The van der Waals surface area contributed by atoms with Crippen molar-refractivity contribution in [3.05, 3.63) is 122 Å². The molecular formula is C33H31N3OS. The summed E-state index contributed by atoms with van der Waals surface area (Å²) in [4.78, 5) is 20.1. The maximum absolute atomic E-state index is 14.1. The van der Waals surface area contributed by atoms with Gasteiger partial charge in [0.25, 0.3) is 5.56 Å². The number of thiophene rings is 1. The van der Waals surface area contributed by atoms with Gasteiger partial charge in [-0.25, -0.2) is 4.98 Å². The second-order valence-corrected chi connectivity index (χ2v) is 11.0. The predicted octanol–water partition coefficient (Wildman–Crippen LogP) is 7.60. The molecule has 5 rings (SSSR count). The molecule has 0 N–H and O–H groups in total. The molecule has 0 bridgehead atoms. The van der Waals surface area contributed by atoms with Crippen molar-refractivity contribution in [2.75, 3.05) is 0 Å². The number of nitriles is 1. The normalized spacial score (nSPS) is 11.1. The van der Waals surface area contributed by atoms with Crippen LogP contribution in [0.5, 0.6) is 0 Å². The zero-order chi connectivity index (χ0) is 26.6. The Bertz CT molecular complexity index is 1710. The summed E-state index contributed by atoms with van der Waals surface area (Å²) in [6.07, 6.45) is 3.14. The zero-order valence-corrected chi connectivity index (χ0v) is 22.9. The van der Waals surface area contributed by atoms with Gasteiger partial charge < -0.3 is 0 Å². The number of fused-ring (bicyclic) bond motifs is 1. The number of aryl methyl sites for hydroxylation is 3. The van der Waals surface area contributed by atoms with Crippen LogP contribution in [0.1, 0.15) is 58.4 Å². The van der Waals surface area contributed by atoms with Crippen molar-refractivity contribution in [1.82, 2.24) is 9.55 Å². The molecule has 0 spiro atoms. The van der Waals surface area contributed by atoms with Crippen LogP contribution in [0.2, 0.25) is 0 Å². The maximum atomic E-state index is 14.1. The lowest BCUT2D eigenvalue weighted by Gasteiger charge is -2.16. The third kappa shape index (κ3) is 5.18. The van der Waals surface area contributed by atoms with Crippen LogP contribution < -0.4 is 5.56 Å². The van der Waals surface area contributed by atoms with E-state index in [9.17, 15) is 10.1 Å². The molecule has 0 saturated heterocycles. The fourth-order valence-electron chi connectivity index (χ4n) is 5.05. The van der Waals surface area contributed by atoms with Crippen LogP contribution in [0.15, 0.2) is 77.6 Å². The standard InChI is InChI=1S/C33H31N3OS/c1-4-5-14-31-29(19-25-12-9-13-28(30(25)20-34)24-10-7-6-8-11-24)33(37)36(23(3)35-31)21-27-18-26-17-22(2)15-16-32(26)38-27/h6-13,15-18H,4-5,14,19,21H2,1-3H3. The molecule has 5 heteroatoms. The molecule has 0 amide bonds. The average Bonchev–Trinajstić information content (AvgIpc) is 3.33. The Labute approximate surface area is 227 Å². The van der Waals surface area contributed by atoms with Gasteiger partial charge in [0, 0.05) is 21.6 Å². The minimum absolute atomic E-state index is 0.00811. The van der Waals surface area contributed by atoms with Crippen molar-refractivity contribution in [2.24, 2.45) is 0 Å². The number of hydrogen-bond acceptors (Lipinski definition) is 4. The summed E-state index contributed by atoms with van der Waals surface area (Å²) in [6.45, 7) is 6.66. The van der Waals surface area contributed by atoms with E-state index in [1.807, 2.05) is 55.5 Å². The van der Waals surface area contributed by atoms with E-state index in [1.165, 1.54) is 15.6 Å². The molecule has 0 radical (unpaired) electrons. The van der Waals surface area contributed by atoms with Crippen molar-refractivity contribution in [1.29, 1.82) is 5.26 Å². The first-order valence-corrected chi connectivity index (χ1v) is 14.0. The van der Waals surface area contributed by atoms with Crippen LogP contribution in [-0.2, 0) is 19.4 Å². The van der Waals surface area contributed by atoms with E-state index in [0.29, 0.717) is 24.1 Å². The van der Waals surface area contributed by atoms with Gasteiger partial charge in [0.1, 0.15) is 11.9 Å².